The number of hydrogen-bond donors (Lipinski definition) is 0. The van der Waals surface area contributed by atoms with E-state index in [1.165, 1.54) is 0 Å². The third kappa shape index (κ3) is 3.54. The fourth-order valence-corrected chi connectivity index (χ4v) is 2.44. The number of benzene rings is 2. The molecule has 0 N–H and O–H groups in total. The van der Waals surface area contributed by atoms with Crippen molar-refractivity contribution in [3.05, 3.63) is 70.9 Å². The van der Waals surface area contributed by atoms with Gasteiger partial charge in [-0.25, -0.2) is 9.79 Å². The molecule has 0 aromatic heterocycles. The SMILES string of the molecule is Cc1ccccc1C1=N/C(=C\c2cccc(OC(C)C)c2)C(=O)O1. The highest BCUT2D eigenvalue weighted by molar-refractivity contribution is 6.13. The van der Waals surface area contributed by atoms with Crippen LogP contribution in [0.5, 0.6) is 5.75 Å². The van der Waals surface area contributed by atoms with E-state index in [9.17, 15) is 4.79 Å². The van der Waals surface area contributed by atoms with Crippen molar-refractivity contribution in [3.63, 3.8) is 0 Å². The van der Waals surface area contributed by atoms with E-state index in [0.29, 0.717) is 5.90 Å². The monoisotopic (exact) mass is 321 g/mol. The van der Waals surface area contributed by atoms with Gasteiger partial charge in [-0.3, -0.25) is 0 Å². The third-order valence-corrected chi connectivity index (χ3v) is 3.53. The van der Waals surface area contributed by atoms with Gasteiger partial charge < -0.3 is 9.47 Å². The minimum Gasteiger partial charge on any atom is -0.491 e. The Morgan fingerprint density at radius 3 is 2.67 bits per heavy atom. The van der Waals surface area contributed by atoms with Crippen molar-refractivity contribution in [1.82, 2.24) is 0 Å². The first-order valence-electron chi connectivity index (χ1n) is 7.88. The second-order valence-corrected chi connectivity index (χ2v) is 5.89. The third-order valence-electron chi connectivity index (χ3n) is 3.53. The molecule has 0 radical (unpaired) electrons. The molecule has 0 saturated carbocycles. The number of carbonyl (C=O) groups is 1. The van der Waals surface area contributed by atoms with Crippen LogP contribution in [0.1, 0.15) is 30.5 Å². The average Bonchev–Trinajstić information content (AvgIpc) is 2.88. The lowest BCUT2D eigenvalue weighted by molar-refractivity contribution is -0.129. The van der Waals surface area contributed by atoms with Crippen LogP contribution in [0.15, 0.2) is 59.2 Å². The van der Waals surface area contributed by atoms with Crippen LogP contribution >= 0.6 is 0 Å². The van der Waals surface area contributed by atoms with E-state index in [2.05, 4.69) is 4.99 Å². The van der Waals surface area contributed by atoms with Gasteiger partial charge in [-0.05, 0) is 56.2 Å². The van der Waals surface area contributed by atoms with Gasteiger partial charge in [0.05, 0.1) is 6.10 Å². The summed E-state index contributed by atoms with van der Waals surface area (Å²) < 4.78 is 11.0. The molecule has 0 amide bonds. The first-order valence-corrected chi connectivity index (χ1v) is 7.88. The highest BCUT2D eigenvalue weighted by Gasteiger charge is 2.24. The zero-order chi connectivity index (χ0) is 17.1. The number of rotatable bonds is 4. The maximum Gasteiger partial charge on any atom is 0.363 e. The van der Waals surface area contributed by atoms with Gasteiger partial charge in [-0.1, -0.05) is 30.3 Å². The number of cyclic esters (lactones) is 1. The zero-order valence-electron chi connectivity index (χ0n) is 13.9. The van der Waals surface area contributed by atoms with Crippen molar-refractivity contribution in [2.45, 2.75) is 26.9 Å². The van der Waals surface area contributed by atoms with E-state index in [1.54, 1.807) is 6.08 Å². The summed E-state index contributed by atoms with van der Waals surface area (Å²) >= 11 is 0. The maximum absolute atomic E-state index is 12.1. The quantitative estimate of drug-likeness (QED) is 0.628. The summed E-state index contributed by atoms with van der Waals surface area (Å²) in [6, 6.07) is 15.2. The molecule has 0 bridgehead atoms. The van der Waals surface area contributed by atoms with Crippen molar-refractivity contribution in [3.8, 4) is 5.75 Å². The first-order chi connectivity index (χ1) is 11.5. The Morgan fingerprint density at radius 1 is 1.12 bits per heavy atom. The summed E-state index contributed by atoms with van der Waals surface area (Å²) in [6.45, 7) is 5.90. The molecule has 2 aromatic rings. The topological polar surface area (TPSA) is 47.9 Å². The molecule has 0 spiro atoms. The number of aryl methyl sites for hydroxylation is 1. The molecule has 0 unspecified atom stereocenters. The highest BCUT2D eigenvalue weighted by Crippen LogP contribution is 2.22. The highest BCUT2D eigenvalue weighted by atomic mass is 16.6. The Bertz CT molecular complexity index is 834. The molecular formula is C20H19NO3. The Balaban J connectivity index is 1.90. The predicted molar refractivity (Wildman–Crippen MR) is 94.0 cm³/mol. The molecule has 0 atom stereocenters. The van der Waals surface area contributed by atoms with Crippen LogP contribution in [-0.4, -0.2) is 18.0 Å². The Labute approximate surface area is 141 Å². The molecule has 1 heterocycles. The van der Waals surface area contributed by atoms with Gasteiger partial charge in [-0.15, -0.1) is 0 Å². The van der Waals surface area contributed by atoms with Crippen LogP contribution < -0.4 is 4.74 Å². The summed E-state index contributed by atoms with van der Waals surface area (Å²) in [7, 11) is 0. The lowest BCUT2D eigenvalue weighted by atomic mass is 10.1. The Morgan fingerprint density at radius 2 is 1.92 bits per heavy atom. The Kier molecular flexibility index (Phi) is 4.47. The molecule has 0 fully saturated rings. The normalized spacial score (nSPS) is 15.6. The summed E-state index contributed by atoms with van der Waals surface area (Å²) in [5.74, 6) is 0.663. The molecule has 1 aliphatic rings. The second-order valence-electron chi connectivity index (χ2n) is 5.89. The van der Waals surface area contributed by atoms with Gasteiger partial charge >= 0.3 is 5.97 Å². The minimum atomic E-state index is -0.441. The second kappa shape index (κ2) is 6.71. The van der Waals surface area contributed by atoms with Gasteiger partial charge in [0.2, 0.25) is 5.90 Å². The Hall–Kier alpha value is -2.88. The van der Waals surface area contributed by atoms with E-state index < -0.39 is 5.97 Å². The average molecular weight is 321 g/mol. The van der Waals surface area contributed by atoms with Crippen molar-refractivity contribution >= 4 is 17.9 Å². The number of nitrogens with zero attached hydrogens (tertiary/aromatic N) is 1. The molecule has 1 aliphatic heterocycles. The maximum atomic E-state index is 12.1. The predicted octanol–water partition coefficient (Wildman–Crippen LogP) is 4.13. The van der Waals surface area contributed by atoms with E-state index in [0.717, 1.165) is 22.4 Å². The van der Waals surface area contributed by atoms with E-state index >= 15 is 0 Å². The van der Waals surface area contributed by atoms with Gasteiger partial charge in [0.25, 0.3) is 0 Å². The number of esters is 1. The molecule has 3 rings (SSSR count). The van der Waals surface area contributed by atoms with Crippen molar-refractivity contribution < 1.29 is 14.3 Å². The summed E-state index contributed by atoms with van der Waals surface area (Å²) in [4.78, 5) is 16.5. The lowest BCUT2D eigenvalue weighted by Crippen LogP contribution is -2.06. The summed E-state index contributed by atoms with van der Waals surface area (Å²) in [6.07, 6.45) is 1.80. The smallest absolute Gasteiger partial charge is 0.363 e. The first kappa shape index (κ1) is 16.0. The van der Waals surface area contributed by atoms with Crippen molar-refractivity contribution in [2.24, 2.45) is 4.99 Å². The number of ether oxygens (including phenoxy) is 2. The molecule has 4 heteroatoms. The molecule has 122 valence electrons. The van der Waals surface area contributed by atoms with E-state index in [4.69, 9.17) is 9.47 Å². The molecule has 2 aromatic carbocycles. The fraction of sp³-hybridized carbons (Fsp3) is 0.200. The molecule has 0 aliphatic carbocycles. The van der Waals surface area contributed by atoms with Crippen molar-refractivity contribution in [2.75, 3.05) is 0 Å². The van der Waals surface area contributed by atoms with Crippen LogP contribution in [0.3, 0.4) is 0 Å². The largest absolute Gasteiger partial charge is 0.491 e. The number of hydrogen-bond acceptors (Lipinski definition) is 4. The standard InChI is InChI=1S/C20H19NO3/c1-13(2)23-16-9-6-8-15(11-16)12-18-20(22)24-19(21-18)17-10-5-4-7-14(17)3/h4-13H,1-3H3/b18-12-. The van der Waals surface area contributed by atoms with Gasteiger partial charge in [-0.2, -0.15) is 0 Å². The van der Waals surface area contributed by atoms with E-state index in [-0.39, 0.29) is 11.8 Å². The van der Waals surface area contributed by atoms with Gasteiger partial charge in [0.15, 0.2) is 5.70 Å². The summed E-state index contributed by atoms with van der Waals surface area (Å²) in [5.41, 5.74) is 2.97. The van der Waals surface area contributed by atoms with Crippen LogP contribution in [0.4, 0.5) is 0 Å². The fourth-order valence-electron chi connectivity index (χ4n) is 2.44. The molecule has 0 saturated heterocycles. The van der Waals surface area contributed by atoms with Crippen LogP contribution in [-0.2, 0) is 9.53 Å². The molecular weight excluding hydrogens is 302 g/mol. The van der Waals surface area contributed by atoms with Crippen LogP contribution in [0, 0.1) is 6.92 Å². The minimum absolute atomic E-state index is 0.0926. The number of aliphatic imine (C=N–C) groups is 1. The number of carbonyl (C=O) groups excluding carboxylic acids is 1. The van der Waals surface area contributed by atoms with Gasteiger partial charge in [0.1, 0.15) is 5.75 Å². The zero-order valence-corrected chi connectivity index (χ0v) is 13.9. The van der Waals surface area contributed by atoms with E-state index in [1.807, 2.05) is 69.3 Å². The van der Waals surface area contributed by atoms with Crippen LogP contribution in [0.2, 0.25) is 0 Å². The molecule has 24 heavy (non-hydrogen) atoms. The van der Waals surface area contributed by atoms with Gasteiger partial charge in [0, 0.05) is 5.56 Å². The summed E-state index contributed by atoms with van der Waals surface area (Å²) in [5, 5.41) is 0. The lowest BCUT2D eigenvalue weighted by Gasteiger charge is -2.09. The van der Waals surface area contributed by atoms with Crippen LogP contribution in [0.25, 0.3) is 6.08 Å². The van der Waals surface area contributed by atoms with Crippen molar-refractivity contribution in [1.29, 1.82) is 0 Å². The molecule has 4 nitrogen and oxygen atoms in total.